The summed E-state index contributed by atoms with van der Waals surface area (Å²) in [5.74, 6) is -0.500. The molecule has 1 aromatic heterocycles. The Morgan fingerprint density at radius 2 is 2.11 bits per heavy atom. The number of nitrogens with zero attached hydrogens (tertiary/aromatic N) is 3. The van der Waals surface area contributed by atoms with E-state index in [2.05, 4.69) is 10.1 Å². The number of benzene rings is 1. The lowest BCUT2D eigenvalue weighted by atomic mass is 9.85. The zero-order chi connectivity index (χ0) is 19.0. The van der Waals surface area contributed by atoms with Crippen LogP contribution in [0, 0.1) is 5.92 Å². The van der Waals surface area contributed by atoms with Gasteiger partial charge in [-0.2, -0.15) is 4.98 Å². The predicted molar refractivity (Wildman–Crippen MR) is 94.2 cm³/mol. The lowest BCUT2D eigenvalue weighted by molar-refractivity contribution is -0.141. The summed E-state index contributed by atoms with van der Waals surface area (Å²) >= 11 is 0. The Balaban J connectivity index is 1.62. The van der Waals surface area contributed by atoms with Gasteiger partial charge in [0, 0.05) is 11.6 Å². The summed E-state index contributed by atoms with van der Waals surface area (Å²) in [6.45, 7) is 0. The lowest BCUT2D eigenvalue weighted by Gasteiger charge is -2.32. The van der Waals surface area contributed by atoms with E-state index in [9.17, 15) is 14.7 Å². The van der Waals surface area contributed by atoms with Crippen LogP contribution < -0.4 is 4.74 Å². The Bertz CT molecular complexity index is 865. The molecule has 0 radical (unpaired) electrons. The van der Waals surface area contributed by atoms with Crippen LogP contribution in [0.4, 0.5) is 0 Å². The number of carbonyl (C=O) groups is 2. The van der Waals surface area contributed by atoms with Gasteiger partial charge in [-0.25, -0.2) is 4.79 Å². The maximum absolute atomic E-state index is 13.0. The number of methoxy groups -OCH3 is 1. The van der Waals surface area contributed by atoms with E-state index in [0.717, 1.165) is 25.7 Å². The number of amides is 1. The fourth-order valence-corrected chi connectivity index (χ4v) is 4.27. The van der Waals surface area contributed by atoms with Gasteiger partial charge in [-0.15, -0.1) is 0 Å². The van der Waals surface area contributed by atoms with Gasteiger partial charge in [0.2, 0.25) is 0 Å². The SMILES string of the molecule is COc1cccc(-c2nc(C(=O)N3C(C(=O)O)CC4CCCCC43)no2)c1. The highest BCUT2D eigenvalue weighted by Crippen LogP contribution is 2.40. The molecule has 27 heavy (non-hydrogen) atoms. The number of aromatic nitrogens is 2. The first-order chi connectivity index (χ1) is 13.1. The number of aliphatic carboxylic acids is 1. The molecule has 2 aliphatic rings. The summed E-state index contributed by atoms with van der Waals surface area (Å²) in [6, 6.07) is 6.19. The summed E-state index contributed by atoms with van der Waals surface area (Å²) in [5.41, 5.74) is 0.632. The van der Waals surface area contributed by atoms with Gasteiger partial charge in [-0.1, -0.05) is 24.1 Å². The fraction of sp³-hybridized carbons (Fsp3) is 0.474. The van der Waals surface area contributed by atoms with Crippen molar-refractivity contribution >= 4 is 11.9 Å². The van der Waals surface area contributed by atoms with E-state index in [1.54, 1.807) is 31.4 Å². The molecular weight excluding hydrogens is 350 g/mol. The van der Waals surface area contributed by atoms with Crippen molar-refractivity contribution < 1.29 is 24.0 Å². The van der Waals surface area contributed by atoms with Crippen molar-refractivity contribution in [2.45, 2.75) is 44.2 Å². The standard InChI is InChI=1S/C19H21N3O5/c1-26-13-7-4-6-12(9-13)17-20-16(21-27-17)18(23)22-14-8-3-2-5-11(14)10-15(22)19(24)25/h4,6-7,9,11,14-15H,2-3,5,8,10H2,1H3,(H,24,25). The van der Waals surface area contributed by atoms with Crippen LogP contribution in [0.2, 0.25) is 0 Å². The molecule has 1 aromatic carbocycles. The molecule has 1 N–H and O–H groups in total. The molecule has 1 saturated heterocycles. The Hall–Kier alpha value is -2.90. The molecule has 2 fully saturated rings. The third kappa shape index (κ3) is 3.15. The van der Waals surface area contributed by atoms with Gasteiger partial charge in [-0.3, -0.25) is 4.79 Å². The largest absolute Gasteiger partial charge is 0.497 e. The topological polar surface area (TPSA) is 106 Å². The quantitative estimate of drug-likeness (QED) is 0.880. The van der Waals surface area contributed by atoms with Crippen molar-refractivity contribution in [3.05, 3.63) is 30.1 Å². The number of rotatable bonds is 4. The minimum Gasteiger partial charge on any atom is -0.497 e. The van der Waals surface area contributed by atoms with E-state index in [4.69, 9.17) is 9.26 Å². The Kier molecular flexibility index (Phi) is 4.55. The van der Waals surface area contributed by atoms with Gasteiger partial charge >= 0.3 is 5.97 Å². The van der Waals surface area contributed by atoms with Gasteiger partial charge in [0.25, 0.3) is 17.6 Å². The van der Waals surface area contributed by atoms with Crippen LogP contribution in [0.3, 0.4) is 0 Å². The van der Waals surface area contributed by atoms with Crippen LogP contribution in [-0.4, -0.2) is 51.2 Å². The first-order valence-corrected chi connectivity index (χ1v) is 9.12. The molecule has 1 aliphatic heterocycles. The molecule has 0 spiro atoms. The molecule has 8 nitrogen and oxygen atoms in total. The van der Waals surface area contributed by atoms with E-state index in [1.807, 2.05) is 0 Å². The molecule has 4 rings (SSSR count). The average molecular weight is 371 g/mol. The summed E-state index contributed by atoms with van der Waals surface area (Å²) < 4.78 is 10.4. The number of carboxylic acid groups (broad SMARTS) is 1. The predicted octanol–water partition coefficient (Wildman–Crippen LogP) is 2.60. The number of fused-ring (bicyclic) bond motifs is 1. The van der Waals surface area contributed by atoms with E-state index < -0.39 is 17.9 Å². The van der Waals surface area contributed by atoms with Crippen LogP contribution in [0.5, 0.6) is 5.75 Å². The third-order valence-corrected chi connectivity index (χ3v) is 5.54. The van der Waals surface area contributed by atoms with Crippen molar-refractivity contribution in [2.24, 2.45) is 5.92 Å². The lowest BCUT2D eigenvalue weighted by Crippen LogP contribution is -2.46. The molecule has 2 aromatic rings. The minimum atomic E-state index is -0.978. The van der Waals surface area contributed by atoms with Crippen molar-refractivity contribution in [2.75, 3.05) is 7.11 Å². The molecule has 8 heteroatoms. The molecule has 1 amide bonds. The Labute approximate surface area is 156 Å². The fourth-order valence-electron chi connectivity index (χ4n) is 4.27. The summed E-state index contributed by atoms with van der Waals surface area (Å²) in [4.78, 5) is 30.4. The molecular formula is C19H21N3O5. The second kappa shape index (κ2) is 7.02. The van der Waals surface area contributed by atoms with Crippen molar-refractivity contribution in [1.82, 2.24) is 15.0 Å². The van der Waals surface area contributed by atoms with Gasteiger partial charge in [-0.05, 0) is 43.4 Å². The highest BCUT2D eigenvalue weighted by molar-refractivity contribution is 5.94. The number of carboxylic acids is 1. The van der Waals surface area contributed by atoms with Crippen LogP contribution >= 0.6 is 0 Å². The van der Waals surface area contributed by atoms with Crippen LogP contribution in [0.1, 0.15) is 42.7 Å². The van der Waals surface area contributed by atoms with E-state index in [1.165, 1.54) is 4.90 Å². The molecule has 0 bridgehead atoms. The number of carbonyl (C=O) groups excluding carboxylic acids is 1. The first-order valence-electron chi connectivity index (χ1n) is 9.12. The molecule has 142 valence electrons. The van der Waals surface area contributed by atoms with Gasteiger partial charge in [0.1, 0.15) is 11.8 Å². The van der Waals surface area contributed by atoms with Gasteiger partial charge < -0.3 is 19.3 Å². The number of hydrogen-bond acceptors (Lipinski definition) is 6. The zero-order valence-corrected chi connectivity index (χ0v) is 15.0. The van der Waals surface area contributed by atoms with Crippen molar-refractivity contribution in [3.63, 3.8) is 0 Å². The molecule has 1 saturated carbocycles. The summed E-state index contributed by atoms with van der Waals surface area (Å²) in [5, 5.41) is 13.4. The maximum Gasteiger partial charge on any atom is 0.326 e. The summed E-state index contributed by atoms with van der Waals surface area (Å²) in [7, 11) is 1.56. The van der Waals surface area contributed by atoms with Crippen LogP contribution in [-0.2, 0) is 4.79 Å². The molecule has 2 heterocycles. The first kappa shape index (κ1) is 17.5. The molecule has 1 aliphatic carbocycles. The highest BCUT2D eigenvalue weighted by atomic mass is 16.5. The monoisotopic (exact) mass is 371 g/mol. The van der Waals surface area contributed by atoms with E-state index in [-0.39, 0.29) is 23.7 Å². The van der Waals surface area contributed by atoms with Crippen LogP contribution in [0.25, 0.3) is 11.5 Å². The Morgan fingerprint density at radius 1 is 1.30 bits per heavy atom. The number of ether oxygens (including phenoxy) is 1. The average Bonchev–Trinajstić information content (AvgIpc) is 3.33. The number of likely N-dealkylation sites (tertiary alicyclic amines) is 1. The second-order valence-corrected chi connectivity index (χ2v) is 7.07. The number of hydrogen-bond donors (Lipinski definition) is 1. The molecule has 3 atom stereocenters. The normalized spacial score (nSPS) is 24.5. The second-order valence-electron chi connectivity index (χ2n) is 7.07. The van der Waals surface area contributed by atoms with Gasteiger partial charge in [0.15, 0.2) is 0 Å². The maximum atomic E-state index is 13.0. The summed E-state index contributed by atoms with van der Waals surface area (Å²) in [6.07, 6.45) is 4.35. The zero-order valence-electron chi connectivity index (χ0n) is 15.0. The third-order valence-electron chi connectivity index (χ3n) is 5.54. The van der Waals surface area contributed by atoms with E-state index in [0.29, 0.717) is 17.7 Å². The Morgan fingerprint density at radius 3 is 2.89 bits per heavy atom. The van der Waals surface area contributed by atoms with E-state index >= 15 is 0 Å². The smallest absolute Gasteiger partial charge is 0.326 e. The highest BCUT2D eigenvalue weighted by Gasteiger charge is 2.48. The van der Waals surface area contributed by atoms with Crippen LogP contribution in [0.15, 0.2) is 28.8 Å². The van der Waals surface area contributed by atoms with Gasteiger partial charge in [0.05, 0.1) is 7.11 Å². The minimum absolute atomic E-state index is 0.0638. The van der Waals surface area contributed by atoms with Crippen molar-refractivity contribution in [1.29, 1.82) is 0 Å². The molecule has 3 unspecified atom stereocenters. The van der Waals surface area contributed by atoms with Crippen molar-refractivity contribution in [3.8, 4) is 17.2 Å².